The van der Waals surface area contributed by atoms with Gasteiger partial charge >= 0.3 is 12.1 Å². The summed E-state index contributed by atoms with van der Waals surface area (Å²) in [6.07, 6.45) is -0.110. The summed E-state index contributed by atoms with van der Waals surface area (Å²) in [4.78, 5) is 36.6. The van der Waals surface area contributed by atoms with Crippen molar-refractivity contribution in [1.29, 1.82) is 0 Å². The standard InChI is InChI=1S/C19H19NO4.C9H10O3/c21-12-17(15-9-5-2-6-10-15)18(22)20-16(13-24-19(20)23)11-14-7-3-1-4-8-14;10-6-8(9(11)12)7-4-2-1-3-5-7/h1-10,16-17,21H,11-13H2;1-5,8,10H,6H2,(H,11,12)/t16-,17-;8-/m00/s1. The summed E-state index contributed by atoms with van der Waals surface area (Å²) in [5.41, 5.74) is 2.34. The fourth-order valence-electron chi connectivity index (χ4n) is 3.96. The summed E-state index contributed by atoms with van der Waals surface area (Å²) < 4.78 is 5.09. The van der Waals surface area contributed by atoms with Crippen LogP contribution in [0, 0.1) is 0 Å². The Morgan fingerprint density at radius 3 is 1.75 bits per heavy atom. The quantitative estimate of drug-likeness (QED) is 0.442. The molecule has 0 spiro atoms. The van der Waals surface area contributed by atoms with Crippen molar-refractivity contribution in [3.05, 3.63) is 108 Å². The maximum Gasteiger partial charge on any atom is 0.417 e. The largest absolute Gasteiger partial charge is 0.481 e. The first kappa shape index (κ1) is 26.6. The van der Waals surface area contributed by atoms with E-state index in [-0.39, 0.29) is 25.9 Å². The molecule has 1 heterocycles. The lowest BCUT2D eigenvalue weighted by Crippen LogP contribution is -2.43. The van der Waals surface area contributed by atoms with E-state index in [1.165, 1.54) is 0 Å². The lowest BCUT2D eigenvalue weighted by molar-refractivity contribution is -0.139. The number of carbonyl (C=O) groups excluding carboxylic acids is 2. The van der Waals surface area contributed by atoms with Crippen LogP contribution in [0.25, 0.3) is 0 Å². The molecule has 3 aromatic rings. The second kappa shape index (κ2) is 13.2. The molecule has 0 unspecified atom stereocenters. The Labute approximate surface area is 209 Å². The molecule has 0 aliphatic carbocycles. The van der Waals surface area contributed by atoms with Gasteiger partial charge in [0.2, 0.25) is 5.91 Å². The van der Waals surface area contributed by atoms with Gasteiger partial charge < -0.3 is 20.1 Å². The van der Waals surface area contributed by atoms with E-state index in [1.54, 1.807) is 54.6 Å². The molecule has 8 nitrogen and oxygen atoms in total. The maximum absolute atomic E-state index is 12.9. The molecule has 1 aliphatic rings. The van der Waals surface area contributed by atoms with E-state index in [1.807, 2.05) is 36.4 Å². The first-order valence-electron chi connectivity index (χ1n) is 11.5. The summed E-state index contributed by atoms with van der Waals surface area (Å²) in [6.45, 7) is -0.545. The van der Waals surface area contributed by atoms with Crippen LogP contribution in [0.5, 0.6) is 0 Å². The predicted molar refractivity (Wildman–Crippen MR) is 132 cm³/mol. The van der Waals surface area contributed by atoms with Crippen LogP contribution < -0.4 is 0 Å². The number of carbonyl (C=O) groups is 3. The summed E-state index contributed by atoms with van der Waals surface area (Å²) in [6, 6.07) is 27.0. The Morgan fingerprint density at radius 1 is 0.806 bits per heavy atom. The summed E-state index contributed by atoms with van der Waals surface area (Å²) >= 11 is 0. The number of cyclic esters (lactones) is 1. The average molecular weight is 492 g/mol. The number of hydrogen-bond acceptors (Lipinski definition) is 6. The van der Waals surface area contributed by atoms with Gasteiger partial charge in [-0.1, -0.05) is 91.0 Å². The van der Waals surface area contributed by atoms with Gasteiger partial charge in [-0.25, -0.2) is 9.69 Å². The van der Waals surface area contributed by atoms with Gasteiger partial charge in [-0.05, 0) is 23.1 Å². The first-order chi connectivity index (χ1) is 17.5. The molecule has 4 rings (SSSR count). The minimum Gasteiger partial charge on any atom is -0.481 e. The van der Waals surface area contributed by atoms with E-state index in [0.717, 1.165) is 10.5 Å². The third-order valence-corrected chi connectivity index (χ3v) is 5.88. The van der Waals surface area contributed by atoms with Gasteiger partial charge in [-0.15, -0.1) is 0 Å². The molecule has 0 bridgehead atoms. The maximum atomic E-state index is 12.9. The van der Waals surface area contributed by atoms with E-state index >= 15 is 0 Å². The summed E-state index contributed by atoms with van der Waals surface area (Å²) in [7, 11) is 0. The zero-order valence-corrected chi connectivity index (χ0v) is 19.6. The second-order valence-electron chi connectivity index (χ2n) is 8.26. The smallest absolute Gasteiger partial charge is 0.417 e. The van der Waals surface area contributed by atoms with Crippen molar-refractivity contribution < 1.29 is 34.4 Å². The van der Waals surface area contributed by atoms with Gasteiger partial charge in [0, 0.05) is 0 Å². The van der Waals surface area contributed by atoms with Crippen molar-refractivity contribution in [2.75, 3.05) is 19.8 Å². The van der Waals surface area contributed by atoms with Crippen LogP contribution in [-0.2, 0) is 20.7 Å². The highest BCUT2D eigenvalue weighted by Crippen LogP contribution is 2.24. The molecule has 188 valence electrons. The molecule has 0 saturated carbocycles. The number of aliphatic hydroxyl groups is 2. The second-order valence-corrected chi connectivity index (χ2v) is 8.26. The third kappa shape index (κ3) is 6.78. The average Bonchev–Trinajstić information content (AvgIpc) is 3.26. The van der Waals surface area contributed by atoms with Gasteiger partial charge in [-0.3, -0.25) is 9.59 Å². The van der Waals surface area contributed by atoms with Crippen LogP contribution in [0.2, 0.25) is 0 Å². The van der Waals surface area contributed by atoms with Gasteiger partial charge in [0.15, 0.2) is 0 Å². The molecule has 0 aromatic heterocycles. The number of aliphatic carboxylic acids is 1. The van der Waals surface area contributed by atoms with Crippen molar-refractivity contribution in [3.63, 3.8) is 0 Å². The van der Waals surface area contributed by atoms with Crippen molar-refractivity contribution in [2.45, 2.75) is 24.3 Å². The highest BCUT2D eigenvalue weighted by molar-refractivity contribution is 5.97. The topological polar surface area (TPSA) is 124 Å². The number of aliphatic hydroxyl groups excluding tert-OH is 2. The molecule has 1 aliphatic heterocycles. The monoisotopic (exact) mass is 491 g/mol. The van der Waals surface area contributed by atoms with Crippen LogP contribution in [-0.4, -0.2) is 64.1 Å². The molecule has 3 aromatic carbocycles. The molecule has 1 saturated heterocycles. The summed E-state index contributed by atoms with van der Waals surface area (Å²) in [5, 5.41) is 27.1. The number of carboxylic acid groups (broad SMARTS) is 1. The Balaban J connectivity index is 0.000000253. The van der Waals surface area contributed by atoms with Gasteiger partial charge in [0.1, 0.15) is 12.5 Å². The van der Waals surface area contributed by atoms with Crippen molar-refractivity contribution in [3.8, 4) is 0 Å². The Kier molecular flexibility index (Phi) is 9.73. The van der Waals surface area contributed by atoms with E-state index < -0.39 is 29.8 Å². The SMILES string of the molecule is O=C(O)[C@@H](CO)c1ccccc1.O=C1OC[C@H](Cc2ccccc2)N1C(=O)[C@@H](CO)c1ccccc1. The highest BCUT2D eigenvalue weighted by atomic mass is 16.6. The fraction of sp³-hybridized carbons (Fsp3) is 0.250. The normalized spacial score (nSPS) is 16.3. The Morgan fingerprint density at radius 2 is 1.28 bits per heavy atom. The molecule has 1 fully saturated rings. The fourth-order valence-corrected chi connectivity index (χ4v) is 3.96. The number of imide groups is 1. The molecule has 8 heteroatoms. The summed E-state index contributed by atoms with van der Waals surface area (Å²) in [5.74, 6) is -2.99. The molecule has 3 N–H and O–H groups in total. The molecule has 36 heavy (non-hydrogen) atoms. The lowest BCUT2D eigenvalue weighted by Gasteiger charge is -2.24. The number of amides is 2. The number of ether oxygens (including phenoxy) is 1. The van der Waals surface area contributed by atoms with E-state index in [2.05, 4.69) is 0 Å². The van der Waals surface area contributed by atoms with Crippen LogP contribution in [0.4, 0.5) is 4.79 Å². The lowest BCUT2D eigenvalue weighted by atomic mass is 9.97. The first-order valence-corrected chi connectivity index (χ1v) is 11.5. The van der Waals surface area contributed by atoms with Crippen molar-refractivity contribution in [1.82, 2.24) is 4.90 Å². The van der Waals surface area contributed by atoms with Crippen LogP contribution in [0.15, 0.2) is 91.0 Å². The number of rotatable bonds is 8. The molecular formula is C28H29NO7. The van der Waals surface area contributed by atoms with Gasteiger partial charge in [-0.2, -0.15) is 0 Å². The zero-order valence-electron chi connectivity index (χ0n) is 19.6. The zero-order chi connectivity index (χ0) is 25.9. The minimum absolute atomic E-state index is 0.173. The van der Waals surface area contributed by atoms with Crippen LogP contribution in [0.3, 0.4) is 0 Å². The van der Waals surface area contributed by atoms with Gasteiger partial charge in [0.05, 0.1) is 25.2 Å². The minimum atomic E-state index is -0.997. The van der Waals surface area contributed by atoms with E-state index in [0.29, 0.717) is 17.5 Å². The highest BCUT2D eigenvalue weighted by Gasteiger charge is 2.41. The third-order valence-electron chi connectivity index (χ3n) is 5.88. The number of hydrogen-bond donors (Lipinski definition) is 3. The molecular weight excluding hydrogens is 462 g/mol. The van der Waals surface area contributed by atoms with Crippen molar-refractivity contribution >= 4 is 18.0 Å². The number of carboxylic acids is 1. The Hall–Kier alpha value is -4.01. The van der Waals surface area contributed by atoms with E-state index in [9.17, 15) is 19.5 Å². The molecule has 0 radical (unpaired) electrons. The van der Waals surface area contributed by atoms with Crippen molar-refractivity contribution in [2.24, 2.45) is 0 Å². The van der Waals surface area contributed by atoms with Crippen LogP contribution in [0.1, 0.15) is 28.5 Å². The number of nitrogens with zero attached hydrogens (tertiary/aromatic N) is 1. The van der Waals surface area contributed by atoms with Gasteiger partial charge in [0.25, 0.3) is 0 Å². The van der Waals surface area contributed by atoms with E-state index in [4.69, 9.17) is 14.9 Å². The van der Waals surface area contributed by atoms with Crippen LogP contribution >= 0.6 is 0 Å². The Bertz CT molecular complexity index is 1120. The predicted octanol–water partition coefficient (Wildman–Crippen LogP) is 3.20. The number of benzene rings is 3. The molecule has 3 atom stereocenters. The molecule has 2 amide bonds.